The summed E-state index contributed by atoms with van der Waals surface area (Å²) >= 11 is 5.12. The molecule has 0 aliphatic carbocycles. The van der Waals surface area contributed by atoms with Gasteiger partial charge in [0.25, 0.3) is 5.91 Å². The molecule has 1 heterocycles. The Hall–Kier alpha value is -2.27. The van der Waals surface area contributed by atoms with E-state index in [2.05, 4.69) is 22.5 Å². The summed E-state index contributed by atoms with van der Waals surface area (Å²) in [4.78, 5) is 16.2. The molecule has 0 bridgehead atoms. The number of carbonyl (C=O) groups is 1. The van der Waals surface area contributed by atoms with E-state index in [-0.39, 0.29) is 11.0 Å². The van der Waals surface area contributed by atoms with Crippen LogP contribution >= 0.6 is 12.2 Å². The number of aromatic nitrogens is 1. The first-order valence-corrected chi connectivity index (χ1v) is 7.13. The number of rotatable bonds is 3. The summed E-state index contributed by atoms with van der Waals surface area (Å²) in [5, 5.41) is 5.77. The van der Waals surface area contributed by atoms with E-state index in [1.54, 1.807) is 18.3 Å². The molecule has 1 amide bonds. The Bertz CT molecular complexity index is 653. The molecule has 0 aliphatic heterocycles. The third kappa shape index (κ3) is 4.36. The second-order valence-corrected chi connectivity index (χ2v) is 5.09. The highest BCUT2D eigenvalue weighted by atomic mass is 32.1. The summed E-state index contributed by atoms with van der Waals surface area (Å²) in [5.74, 6) is 0.379. The number of carbonyl (C=O) groups excluding carboxylic acids is 1. The van der Waals surface area contributed by atoms with Crippen LogP contribution in [0.15, 0.2) is 42.6 Å². The van der Waals surface area contributed by atoms with Crippen molar-refractivity contribution >= 4 is 29.1 Å². The monoisotopic (exact) mass is 299 g/mol. The standard InChI is InChI=1S/C16H17N3OS/c1-3-12-4-6-13(7-5-12)15(20)19-16(21)18-14-10-11(2)8-9-17-14/h4-10H,3H2,1-2H3,(H2,17,18,19,20,21). The first-order chi connectivity index (χ1) is 10.1. The average Bonchev–Trinajstić information content (AvgIpc) is 2.47. The van der Waals surface area contributed by atoms with E-state index in [9.17, 15) is 4.79 Å². The van der Waals surface area contributed by atoms with Crippen molar-refractivity contribution in [3.8, 4) is 0 Å². The molecule has 2 aromatic rings. The van der Waals surface area contributed by atoms with Gasteiger partial charge in [-0.25, -0.2) is 4.98 Å². The Labute approximate surface area is 129 Å². The summed E-state index contributed by atoms with van der Waals surface area (Å²) in [6.07, 6.45) is 2.63. The number of hydrogen-bond donors (Lipinski definition) is 2. The van der Waals surface area contributed by atoms with Crippen molar-refractivity contribution < 1.29 is 4.79 Å². The van der Waals surface area contributed by atoms with E-state index >= 15 is 0 Å². The van der Waals surface area contributed by atoms with Gasteiger partial charge in [-0.05, 0) is 61.0 Å². The third-order valence-electron chi connectivity index (χ3n) is 3.01. The zero-order chi connectivity index (χ0) is 15.2. The van der Waals surface area contributed by atoms with Crippen LogP contribution in [0.2, 0.25) is 0 Å². The quantitative estimate of drug-likeness (QED) is 0.855. The van der Waals surface area contributed by atoms with Crippen molar-refractivity contribution in [1.82, 2.24) is 10.3 Å². The lowest BCUT2D eigenvalue weighted by atomic mass is 10.1. The molecule has 0 atom stereocenters. The number of hydrogen-bond acceptors (Lipinski definition) is 3. The minimum atomic E-state index is -0.234. The number of pyridine rings is 1. The smallest absolute Gasteiger partial charge is 0.257 e. The molecule has 0 saturated heterocycles. The summed E-state index contributed by atoms with van der Waals surface area (Å²) < 4.78 is 0. The van der Waals surface area contributed by atoms with Gasteiger partial charge in [0.15, 0.2) is 5.11 Å². The van der Waals surface area contributed by atoms with Gasteiger partial charge in [-0.1, -0.05) is 19.1 Å². The molecule has 2 rings (SSSR count). The van der Waals surface area contributed by atoms with E-state index in [0.29, 0.717) is 11.4 Å². The highest BCUT2D eigenvalue weighted by molar-refractivity contribution is 7.80. The zero-order valence-electron chi connectivity index (χ0n) is 12.0. The van der Waals surface area contributed by atoms with E-state index in [1.807, 2.05) is 31.2 Å². The normalized spacial score (nSPS) is 10.0. The molecule has 0 spiro atoms. The molecule has 4 nitrogen and oxygen atoms in total. The second-order valence-electron chi connectivity index (χ2n) is 4.68. The average molecular weight is 299 g/mol. The zero-order valence-corrected chi connectivity index (χ0v) is 12.8. The van der Waals surface area contributed by atoms with Crippen molar-refractivity contribution in [1.29, 1.82) is 0 Å². The topological polar surface area (TPSA) is 54.0 Å². The van der Waals surface area contributed by atoms with Crippen LogP contribution in [0, 0.1) is 6.92 Å². The lowest BCUT2D eigenvalue weighted by Gasteiger charge is -2.09. The summed E-state index contributed by atoms with van der Waals surface area (Å²) in [6, 6.07) is 11.2. The van der Waals surface area contributed by atoms with Gasteiger partial charge in [-0.15, -0.1) is 0 Å². The molecule has 0 fully saturated rings. The van der Waals surface area contributed by atoms with Crippen LogP contribution in [-0.2, 0) is 6.42 Å². The Balaban J connectivity index is 1.96. The Kier molecular flexibility index (Phi) is 5.00. The van der Waals surface area contributed by atoms with Gasteiger partial charge >= 0.3 is 0 Å². The lowest BCUT2D eigenvalue weighted by Crippen LogP contribution is -2.34. The number of anilines is 1. The Morgan fingerprint density at radius 2 is 1.95 bits per heavy atom. The maximum Gasteiger partial charge on any atom is 0.257 e. The van der Waals surface area contributed by atoms with Gasteiger partial charge in [-0.2, -0.15) is 0 Å². The number of nitrogens with one attached hydrogen (secondary N) is 2. The minimum Gasteiger partial charge on any atom is -0.317 e. The lowest BCUT2D eigenvalue weighted by molar-refractivity contribution is 0.0977. The van der Waals surface area contributed by atoms with Crippen molar-refractivity contribution in [2.75, 3.05) is 5.32 Å². The maximum absolute atomic E-state index is 12.1. The number of nitrogens with zero attached hydrogens (tertiary/aromatic N) is 1. The van der Waals surface area contributed by atoms with Crippen LogP contribution < -0.4 is 10.6 Å². The van der Waals surface area contributed by atoms with Gasteiger partial charge < -0.3 is 5.32 Å². The molecule has 5 heteroatoms. The molecule has 0 saturated carbocycles. The van der Waals surface area contributed by atoms with Crippen LogP contribution in [0.3, 0.4) is 0 Å². The highest BCUT2D eigenvalue weighted by Crippen LogP contribution is 2.07. The van der Waals surface area contributed by atoms with Gasteiger partial charge in [0.1, 0.15) is 5.82 Å². The predicted octanol–water partition coefficient (Wildman–Crippen LogP) is 3.08. The largest absolute Gasteiger partial charge is 0.317 e. The van der Waals surface area contributed by atoms with Crippen molar-refractivity contribution in [2.45, 2.75) is 20.3 Å². The van der Waals surface area contributed by atoms with Gasteiger partial charge in [0, 0.05) is 11.8 Å². The van der Waals surface area contributed by atoms with E-state index < -0.39 is 0 Å². The molecule has 0 unspecified atom stereocenters. The molecule has 0 radical (unpaired) electrons. The third-order valence-corrected chi connectivity index (χ3v) is 3.21. The first kappa shape index (κ1) is 15.1. The molecular formula is C16H17N3OS. The van der Waals surface area contributed by atoms with Crippen LogP contribution in [0.25, 0.3) is 0 Å². The summed E-state index contributed by atoms with van der Waals surface area (Å²) in [5.41, 5.74) is 2.83. The van der Waals surface area contributed by atoms with Gasteiger partial charge in [-0.3, -0.25) is 10.1 Å². The molecule has 0 aliphatic rings. The maximum atomic E-state index is 12.1. The fourth-order valence-electron chi connectivity index (χ4n) is 1.82. The molecule has 1 aromatic heterocycles. The molecule has 21 heavy (non-hydrogen) atoms. The minimum absolute atomic E-state index is 0.234. The van der Waals surface area contributed by atoms with Gasteiger partial charge in [0.2, 0.25) is 0 Å². The van der Waals surface area contributed by atoms with Crippen molar-refractivity contribution in [3.63, 3.8) is 0 Å². The number of amides is 1. The summed E-state index contributed by atoms with van der Waals surface area (Å²) in [7, 11) is 0. The highest BCUT2D eigenvalue weighted by Gasteiger charge is 2.08. The number of thiocarbonyl (C=S) groups is 1. The number of aryl methyl sites for hydroxylation is 2. The summed E-state index contributed by atoms with van der Waals surface area (Å²) in [6.45, 7) is 4.03. The van der Waals surface area contributed by atoms with Crippen LogP contribution in [0.5, 0.6) is 0 Å². The molecule has 1 aromatic carbocycles. The van der Waals surface area contributed by atoms with Crippen LogP contribution in [0.1, 0.15) is 28.4 Å². The van der Waals surface area contributed by atoms with Crippen molar-refractivity contribution in [2.24, 2.45) is 0 Å². The number of benzene rings is 1. The Morgan fingerprint density at radius 1 is 1.24 bits per heavy atom. The molecule has 2 N–H and O–H groups in total. The van der Waals surface area contributed by atoms with E-state index in [4.69, 9.17) is 12.2 Å². The Morgan fingerprint density at radius 3 is 2.57 bits per heavy atom. The van der Waals surface area contributed by atoms with Gasteiger partial charge in [0.05, 0.1) is 0 Å². The predicted molar refractivity (Wildman–Crippen MR) is 88.5 cm³/mol. The first-order valence-electron chi connectivity index (χ1n) is 6.72. The van der Waals surface area contributed by atoms with E-state index in [0.717, 1.165) is 12.0 Å². The van der Waals surface area contributed by atoms with Crippen LogP contribution in [0.4, 0.5) is 5.82 Å². The van der Waals surface area contributed by atoms with Crippen LogP contribution in [-0.4, -0.2) is 16.0 Å². The SMILES string of the molecule is CCc1ccc(C(=O)NC(=S)Nc2cc(C)ccn2)cc1. The fraction of sp³-hybridized carbons (Fsp3) is 0.188. The molecule has 108 valence electrons. The fourth-order valence-corrected chi connectivity index (χ4v) is 2.02. The van der Waals surface area contributed by atoms with Crippen molar-refractivity contribution in [3.05, 3.63) is 59.3 Å². The van der Waals surface area contributed by atoms with E-state index in [1.165, 1.54) is 5.56 Å². The second kappa shape index (κ2) is 6.95. The molecular weight excluding hydrogens is 282 g/mol.